The number of carbonyl (C=O) groups is 1. The highest BCUT2D eigenvalue weighted by atomic mass is 16.5. The van der Waals surface area contributed by atoms with Gasteiger partial charge in [0.2, 0.25) is 5.91 Å². The van der Waals surface area contributed by atoms with Crippen molar-refractivity contribution in [2.45, 2.75) is 25.7 Å². The normalized spacial score (nSPS) is 38.9. The van der Waals surface area contributed by atoms with Crippen LogP contribution in [-0.2, 0) is 9.53 Å². The summed E-state index contributed by atoms with van der Waals surface area (Å²) in [4.78, 5) is 12.1. The third kappa shape index (κ3) is 1.96. The van der Waals surface area contributed by atoms with E-state index in [0.29, 0.717) is 11.8 Å². The first kappa shape index (κ1) is 10.5. The molecule has 2 saturated carbocycles. The van der Waals surface area contributed by atoms with Crippen molar-refractivity contribution in [2.24, 2.45) is 17.8 Å². The summed E-state index contributed by atoms with van der Waals surface area (Å²) in [6, 6.07) is 0. The predicted molar refractivity (Wildman–Crippen MR) is 59.5 cm³/mol. The molecule has 0 spiro atoms. The van der Waals surface area contributed by atoms with Crippen LogP contribution in [0.2, 0.25) is 0 Å². The van der Waals surface area contributed by atoms with Crippen molar-refractivity contribution in [2.75, 3.05) is 26.3 Å². The van der Waals surface area contributed by atoms with Crippen LogP contribution in [0.4, 0.5) is 0 Å². The maximum absolute atomic E-state index is 12.1. The second kappa shape index (κ2) is 4.34. The lowest BCUT2D eigenvalue weighted by Gasteiger charge is -2.30. The molecule has 3 aliphatic rings. The monoisotopic (exact) mass is 224 g/mol. The van der Waals surface area contributed by atoms with Gasteiger partial charge in [0.1, 0.15) is 0 Å². The molecule has 2 aliphatic carbocycles. The summed E-state index contributed by atoms with van der Waals surface area (Å²) < 4.78 is 5.26. The van der Waals surface area contributed by atoms with Crippen LogP contribution in [0.25, 0.3) is 0 Å². The molecule has 0 aromatic rings. The van der Waals surface area contributed by atoms with Crippen molar-refractivity contribution < 1.29 is 9.53 Å². The zero-order valence-electron chi connectivity index (χ0n) is 9.65. The number of morpholine rings is 1. The SMILES string of the molecule is O=C(NN1CCOCC1)C1CC2CCC1C2. The van der Waals surface area contributed by atoms with E-state index in [4.69, 9.17) is 4.74 Å². The largest absolute Gasteiger partial charge is 0.379 e. The molecule has 0 aromatic heterocycles. The van der Waals surface area contributed by atoms with Crippen LogP contribution in [0.15, 0.2) is 0 Å². The number of fused-ring (bicyclic) bond motifs is 2. The van der Waals surface area contributed by atoms with Gasteiger partial charge in [-0.25, -0.2) is 5.01 Å². The fraction of sp³-hybridized carbons (Fsp3) is 0.917. The molecule has 4 nitrogen and oxygen atoms in total. The number of hydrogen-bond acceptors (Lipinski definition) is 3. The van der Waals surface area contributed by atoms with Gasteiger partial charge in [-0.05, 0) is 31.1 Å². The van der Waals surface area contributed by atoms with Crippen LogP contribution < -0.4 is 5.43 Å². The van der Waals surface area contributed by atoms with Gasteiger partial charge in [0.05, 0.1) is 13.2 Å². The van der Waals surface area contributed by atoms with Gasteiger partial charge in [0, 0.05) is 19.0 Å². The summed E-state index contributed by atoms with van der Waals surface area (Å²) in [5.74, 6) is 2.06. The minimum Gasteiger partial charge on any atom is -0.379 e. The zero-order chi connectivity index (χ0) is 11.0. The van der Waals surface area contributed by atoms with E-state index in [0.717, 1.165) is 38.6 Å². The molecule has 3 atom stereocenters. The second-order valence-corrected chi connectivity index (χ2v) is 5.36. The quantitative estimate of drug-likeness (QED) is 0.754. The average Bonchev–Trinajstić information content (AvgIpc) is 2.92. The Morgan fingerprint density at radius 1 is 1.19 bits per heavy atom. The highest BCUT2D eigenvalue weighted by Crippen LogP contribution is 2.48. The van der Waals surface area contributed by atoms with Gasteiger partial charge in [-0.3, -0.25) is 10.2 Å². The fourth-order valence-corrected chi connectivity index (χ4v) is 3.48. The lowest BCUT2D eigenvalue weighted by atomic mass is 9.88. The molecule has 16 heavy (non-hydrogen) atoms. The first-order valence-electron chi connectivity index (χ1n) is 6.46. The van der Waals surface area contributed by atoms with Gasteiger partial charge < -0.3 is 4.74 Å². The third-order valence-electron chi connectivity index (χ3n) is 4.35. The van der Waals surface area contributed by atoms with Crippen LogP contribution in [0.5, 0.6) is 0 Å². The predicted octanol–water partition coefficient (Wildman–Crippen LogP) is 0.786. The number of hydrazine groups is 1. The van der Waals surface area contributed by atoms with Crippen molar-refractivity contribution in [3.63, 3.8) is 0 Å². The summed E-state index contributed by atoms with van der Waals surface area (Å²) in [5, 5.41) is 2.01. The molecular formula is C12H20N2O2. The molecule has 3 fully saturated rings. The molecular weight excluding hydrogens is 204 g/mol. The van der Waals surface area contributed by atoms with E-state index in [2.05, 4.69) is 5.43 Å². The number of carbonyl (C=O) groups excluding carboxylic acids is 1. The molecule has 3 unspecified atom stereocenters. The van der Waals surface area contributed by atoms with Crippen molar-refractivity contribution >= 4 is 5.91 Å². The molecule has 4 heteroatoms. The lowest BCUT2D eigenvalue weighted by Crippen LogP contribution is -2.50. The van der Waals surface area contributed by atoms with E-state index in [-0.39, 0.29) is 5.91 Å². The van der Waals surface area contributed by atoms with E-state index >= 15 is 0 Å². The molecule has 1 N–H and O–H groups in total. The molecule has 3 rings (SSSR count). The first-order chi connectivity index (χ1) is 7.83. The number of amides is 1. The Morgan fingerprint density at radius 2 is 2.00 bits per heavy atom. The number of nitrogens with one attached hydrogen (secondary N) is 1. The number of hydrogen-bond donors (Lipinski definition) is 1. The van der Waals surface area contributed by atoms with E-state index in [1.807, 2.05) is 5.01 Å². The summed E-state index contributed by atoms with van der Waals surface area (Å²) in [6.45, 7) is 3.12. The van der Waals surface area contributed by atoms with E-state index < -0.39 is 0 Å². The first-order valence-corrected chi connectivity index (χ1v) is 6.46. The van der Waals surface area contributed by atoms with Crippen LogP contribution >= 0.6 is 0 Å². The standard InChI is InChI=1S/C12H20N2O2/c15-12(13-14-3-5-16-6-4-14)11-8-9-1-2-10(11)7-9/h9-11H,1-8H2,(H,13,15). The highest BCUT2D eigenvalue weighted by Gasteiger charge is 2.43. The molecule has 2 bridgehead atoms. The van der Waals surface area contributed by atoms with E-state index in [1.165, 1.54) is 19.3 Å². The molecule has 1 heterocycles. The van der Waals surface area contributed by atoms with Gasteiger partial charge in [-0.15, -0.1) is 0 Å². The Bertz CT molecular complexity index is 276. The summed E-state index contributed by atoms with van der Waals surface area (Å²) in [6.07, 6.45) is 5.04. The fourth-order valence-electron chi connectivity index (χ4n) is 3.48. The highest BCUT2D eigenvalue weighted by molar-refractivity contribution is 5.79. The summed E-state index contributed by atoms with van der Waals surface area (Å²) in [5.41, 5.74) is 3.06. The van der Waals surface area contributed by atoms with Crippen molar-refractivity contribution in [3.05, 3.63) is 0 Å². The smallest absolute Gasteiger partial charge is 0.237 e. The van der Waals surface area contributed by atoms with Crippen molar-refractivity contribution in [1.29, 1.82) is 0 Å². The van der Waals surface area contributed by atoms with Crippen LogP contribution in [0.1, 0.15) is 25.7 Å². The summed E-state index contributed by atoms with van der Waals surface area (Å²) in [7, 11) is 0. The maximum atomic E-state index is 12.1. The minimum absolute atomic E-state index is 0.258. The number of rotatable bonds is 2. The Kier molecular flexibility index (Phi) is 2.86. The van der Waals surface area contributed by atoms with Crippen LogP contribution in [0.3, 0.4) is 0 Å². The third-order valence-corrected chi connectivity index (χ3v) is 4.35. The van der Waals surface area contributed by atoms with Crippen molar-refractivity contribution in [1.82, 2.24) is 10.4 Å². The minimum atomic E-state index is 0.258. The number of ether oxygens (including phenoxy) is 1. The molecule has 1 saturated heterocycles. The van der Waals surface area contributed by atoms with Crippen LogP contribution in [0, 0.1) is 17.8 Å². The van der Waals surface area contributed by atoms with Gasteiger partial charge in [0.25, 0.3) is 0 Å². The Hall–Kier alpha value is -0.610. The second-order valence-electron chi connectivity index (χ2n) is 5.36. The van der Waals surface area contributed by atoms with Gasteiger partial charge >= 0.3 is 0 Å². The molecule has 90 valence electrons. The molecule has 0 aromatic carbocycles. The Balaban J connectivity index is 1.53. The molecule has 1 aliphatic heterocycles. The molecule has 0 radical (unpaired) electrons. The van der Waals surface area contributed by atoms with E-state index in [1.54, 1.807) is 0 Å². The van der Waals surface area contributed by atoms with Gasteiger partial charge in [0.15, 0.2) is 0 Å². The summed E-state index contributed by atoms with van der Waals surface area (Å²) >= 11 is 0. The average molecular weight is 224 g/mol. The van der Waals surface area contributed by atoms with Crippen molar-refractivity contribution in [3.8, 4) is 0 Å². The zero-order valence-corrected chi connectivity index (χ0v) is 9.65. The lowest BCUT2D eigenvalue weighted by molar-refractivity contribution is -0.133. The Morgan fingerprint density at radius 3 is 2.62 bits per heavy atom. The maximum Gasteiger partial charge on any atom is 0.237 e. The van der Waals surface area contributed by atoms with Gasteiger partial charge in [-0.1, -0.05) is 6.42 Å². The topological polar surface area (TPSA) is 41.6 Å². The molecule has 1 amide bonds. The van der Waals surface area contributed by atoms with E-state index in [9.17, 15) is 4.79 Å². The van der Waals surface area contributed by atoms with Gasteiger partial charge in [-0.2, -0.15) is 0 Å². The Labute approximate surface area is 96.3 Å². The van der Waals surface area contributed by atoms with Crippen LogP contribution in [-0.4, -0.2) is 37.2 Å². The number of nitrogens with zero attached hydrogens (tertiary/aromatic N) is 1.